The summed E-state index contributed by atoms with van der Waals surface area (Å²) in [6.45, 7) is 3.10. The predicted molar refractivity (Wildman–Crippen MR) is 153 cm³/mol. The van der Waals surface area contributed by atoms with Crippen LogP contribution < -0.4 is 14.8 Å². The van der Waals surface area contributed by atoms with Crippen molar-refractivity contribution in [2.24, 2.45) is 4.40 Å². The highest BCUT2D eigenvalue weighted by Gasteiger charge is 2.28. The molecule has 0 unspecified atom stereocenters. The zero-order valence-corrected chi connectivity index (χ0v) is 23.9. The Bertz CT molecular complexity index is 1770. The number of aryl methyl sites for hydroxylation is 1. The number of methoxy groups -OCH3 is 2. The molecule has 4 aromatic rings. The van der Waals surface area contributed by atoms with Crippen LogP contribution in [0.5, 0.6) is 17.2 Å². The first kappa shape index (κ1) is 28.7. The summed E-state index contributed by atoms with van der Waals surface area (Å²) >= 11 is 0. The maximum atomic E-state index is 13.9. The van der Waals surface area contributed by atoms with E-state index in [2.05, 4.69) is 9.71 Å². The molecule has 4 aromatic carbocycles. The third kappa shape index (κ3) is 5.80. The van der Waals surface area contributed by atoms with Crippen LogP contribution in [0.4, 0.5) is 5.69 Å². The predicted octanol–water partition coefficient (Wildman–Crippen LogP) is 5.11. The third-order valence-electron chi connectivity index (χ3n) is 6.18. The van der Waals surface area contributed by atoms with Crippen molar-refractivity contribution in [1.29, 1.82) is 0 Å². The highest BCUT2D eigenvalue weighted by molar-refractivity contribution is 7.91. The van der Waals surface area contributed by atoms with Gasteiger partial charge in [-0.2, -0.15) is 8.42 Å². The lowest BCUT2D eigenvalue weighted by atomic mass is 10.1. The monoisotopic (exact) mass is 580 g/mol. The standard InChI is InChI=1S/C29H28N2O7S2/c1-19-18-26(28(20(2)27(19)32)39(33,34)24-14-10-22(37-3)11-15-24)30-29(21-8-6-5-7-9-21)31-40(35,36)25-16-12-23(38-4)13-17-25/h5-18,32H,1-4H3,(H,30,31). The van der Waals surface area contributed by atoms with Gasteiger partial charge in [-0.25, -0.2) is 8.42 Å². The molecule has 0 heterocycles. The van der Waals surface area contributed by atoms with Crippen LogP contribution in [-0.2, 0) is 19.9 Å². The minimum atomic E-state index is -4.23. The van der Waals surface area contributed by atoms with Gasteiger partial charge in [0.25, 0.3) is 10.0 Å². The van der Waals surface area contributed by atoms with E-state index in [9.17, 15) is 21.9 Å². The molecule has 4 rings (SSSR count). The molecule has 0 aliphatic rings. The van der Waals surface area contributed by atoms with Crippen molar-refractivity contribution in [3.05, 3.63) is 102 Å². The number of amidine groups is 1. The molecule has 0 aliphatic carbocycles. The Balaban J connectivity index is 1.90. The molecular formula is C29H28N2O7S2. The van der Waals surface area contributed by atoms with Crippen molar-refractivity contribution in [2.45, 2.75) is 28.5 Å². The number of phenolic OH excluding ortho intramolecular Hbond substituents is 1. The van der Waals surface area contributed by atoms with Crippen molar-refractivity contribution in [3.63, 3.8) is 0 Å². The normalized spacial score (nSPS) is 12.2. The number of sulfonamides is 1. The summed E-state index contributed by atoms with van der Waals surface area (Å²) in [4.78, 5) is -0.328. The lowest BCUT2D eigenvalue weighted by Crippen LogP contribution is -2.19. The molecule has 208 valence electrons. The van der Waals surface area contributed by atoms with E-state index in [0.717, 1.165) is 0 Å². The fourth-order valence-corrected chi connectivity index (χ4v) is 6.67. The summed E-state index contributed by atoms with van der Waals surface area (Å²) in [5.41, 5.74) is 0.940. The maximum absolute atomic E-state index is 13.9. The van der Waals surface area contributed by atoms with Crippen LogP contribution >= 0.6 is 0 Å². The molecule has 0 saturated heterocycles. The van der Waals surface area contributed by atoms with Gasteiger partial charge in [-0.1, -0.05) is 30.3 Å². The number of ether oxygens (including phenoxy) is 2. The molecule has 9 nitrogen and oxygen atoms in total. The van der Waals surface area contributed by atoms with Crippen LogP contribution in [0.2, 0.25) is 0 Å². The van der Waals surface area contributed by atoms with E-state index in [0.29, 0.717) is 22.6 Å². The van der Waals surface area contributed by atoms with E-state index in [1.165, 1.54) is 75.7 Å². The van der Waals surface area contributed by atoms with Crippen LogP contribution in [0, 0.1) is 13.8 Å². The average Bonchev–Trinajstić information content (AvgIpc) is 2.96. The number of hydrogen-bond acceptors (Lipinski definition) is 7. The number of benzene rings is 4. The summed E-state index contributed by atoms with van der Waals surface area (Å²) in [6.07, 6.45) is 0. The summed E-state index contributed by atoms with van der Waals surface area (Å²) < 4.78 is 68.7. The van der Waals surface area contributed by atoms with E-state index in [1.54, 1.807) is 37.3 Å². The van der Waals surface area contributed by atoms with Crippen molar-refractivity contribution in [1.82, 2.24) is 0 Å². The van der Waals surface area contributed by atoms with Gasteiger partial charge in [0, 0.05) is 11.1 Å². The smallest absolute Gasteiger partial charge is 0.284 e. The number of sulfone groups is 1. The first-order valence-electron chi connectivity index (χ1n) is 12.0. The number of anilines is 1. The van der Waals surface area contributed by atoms with Gasteiger partial charge in [-0.15, -0.1) is 4.40 Å². The van der Waals surface area contributed by atoms with Gasteiger partial charge >= 0.3 is 0 Å². The van der Waals surface area contributed by atoms with Gasteiger partial charge in [0.1, 0.15) is 22.1 Å². The van der Waals surface area contributed by atoms with Crippen LogP contribution in [0.25, 0.3) is 0 Å². The number of aromatic hydroxyl groups is 1. The number of nitrogens with zero attached hydrogens (tertiary/aromatic N) is 1. The van der Waals surface area contributed by atoms with Crippen LogP contribution in [0.15, 0.2) is 104 Å². The van der Waals surface area contributed by atoms with Crippen LogP contribution in [-0.4, -0.2) is 42.0 Å². The Morgan fingerprint density at radius 1 is 0.775 bits per heavy atom. The minimum Gasteiger partial charge on any atom is -0.507 e. The molecule has 0 spiro atoms. The molecule has 0 aliphatic heterocycles. The fraction of sp³-hybridized carbons (Fsp3) is 0.138. The van der Waals surface area contributed by atoms with Crippen LogP contribution in [0.3, 0.4) is 0 Å². The van der Waals surface area contributed by atoms with E-state index in [1.807, 2.05) is 0 Å². The SMILES string of the molecule is COc1ccc(S(=O)(=O)N=C(Nc2cc(C)c(O)c(C)c2S(=O)(=O)c2ccc(OC)cc2)c2ccccc2)cc1. The average molecular weight is 581 g/mol. The summed E-state index contributed by atoms with van der Waals surface area (Å²) in [7, 11) is -5.48. The van der Waals surface area contributed by atoms with Crippen molar-refractivity contribution in [2.75, 3.05) is 19.5 Å². The Morgan fingerprint density at radius 2 is 1.30 bits per heavy atom. The largest absolute Gasteiger partial charge is 0.507 e. The van der Waals surface area contributed by atoms with Gasteiger partial charge in [-0.3, -0.25) is 0 Å². The van der Waals surface area contributed by atoms with E-state index in [4.69, 9.17) is 9.47 Å². The first-order chi connectivity index (χ1) is 19.0. The zero-order chi connectivity index (χ0) is 29.1. The lowest BCUT2D eigenvalue weighted by Gasteiger charge is -2.19. The second-order valence-corrected chi connectivity index (χ2v) is 12.3. The second kappa shape index (κ2) is 11.4. The molecule has 0 bridgehead atoms. The van der Waals surface area contributed by atoms with Gasteiger partial charge in [0.15, 0.2) is 5.84 Å². The Hall–Kier alpha value is -4.35. The van der Waals surface area contributed by atoms with E-state index < -0.39 is 19.9 Å². The molecule has 0 saturated carbocycles. The first-order valence-corrected chi connectivity index (χ1v) is 14.9. The van der Waals surface area contributed by atoms with Gasteiger partial charge in [0.05, 0.1) is 29.7 Å². The maximum Gasteiger partial charge on any atom is 0.284 e. The topological polar surface area (TPSA) is 131 Å². The molecule has 0 atom stereocenters. The molecular weight excluding hydrogens is 552 g/mol. The van der Waals surface area contributed by atoms with Gasteiger partial charge in [-0.05, 0) is 74.0 Å². The molecule has 0 radical (unpaired) electrons. The van der Waals surface area contributed by atoms with Crippen molar-refractivity contribution in [3.8, 4) is 17.2 Å². The Morgan fingerprint density at radius 3 is 1.82 bits per heavy atom. The fourth-order valence-electron chi connectivity index (χ4n) is 4.06. The number of rotatable bonds is 8. The molecule has 40 heavy (non-hydrogen) atoms. The van der Waals surface area contributed by atoms with E-state index in [-0.39, 0.29) is 37.5 Å². The molecule has 2 N–H and O–H groups in total. The quantitative estimate of drug-likeness (QED) is 0.167. The third-order valence-corrected chi connectivity index (χ3v) is 9.43. The Labute approximate surface area is 233 Å². The zero-order valence-electron chi connectivity index (χ0n) is 22.2. The Kier molecular flexibility index (Phi) is 8.17. The second-order valence-electron chi connectivity index (χ2n) is 8.80. The minimum absolute atomic E-state index is 0.0354. The van der Waals surface area contributed by atoms with E-state index >= 15 is 0 Å². The highest BCUT2D eigenvalue weighted by atomic mass is 32.2. The van der Waals surface area contributed by atoms with Crippen LogP contribution in [0.1, 0.15) is 16.7 Å². The summed E-state index contributed by atoms with van der Waals surface area (Å²) in [6, 6.07) is 21.5. The van der Waals surface area contributed by atoms with Gasteiger partial charge < -0.3 is 19.9 Å². The highest BCUT2D eigenvalue weighted by Crippen LogP contribution is 2.38. The number of hydrogen-bond donors (Lipinski definition) is 2. The number of nitrogens with one attached hydrogen (secondary N) is 1. The van der Waals surface area contributed by atoms with Crippen molar-refractivity contribution < 1.29 is 31.4 Å². The summed E-state index contributed by atoms with van der Waals surface area (Å²) in [5, 5.41) is 13.6. The molecule has 0 aromatic heterocycles. The molecule has 0 fully saturated rings. The number of phenols is 1. The summed E-state index contributed by atoms with van der Waals surface area (Å²) in [5.74, 6) is 0.657. The lowest BCUT2D eigenvalue weighted by molar-refractivity contribution is 0.414. The van der Waals surface area contributed by atoms with Crippen molar-refractivity contribution >= 4 is 31.4 Å². The van der Waals surface area contributed by atoms with Gasteiger partial charge in [0.2, 0.25) is 9.84 Å². The molecule has 11 heteroatoms. The molecule has 0 amide bonds.